The third kappa shape index (κ3) is 6.98. The molecule has 0 bridgehead atoms. The highest BCUT2D eigenvalue weighted by molar-refractivity contribution is 7.99. The number of hydrogen-bond donors (Lipinski definition) is 1. The van der Waals surface area contributed by atoms with Crippen molar-refractivity contribution in [1.82, 2.24) is 15.6 Å². The number of carbonyl (C=O) groups excluding carboxylic acids is 1. The molecule has 0 radical (unpaired) electrons. The number of nitrogens with one attached hydrogen (secondary N) is 1. The number of nitrogens with zero attached hydrogens (tertiary/aromatic N) is 3. The fourth-order valence-electron chi connectivity index (χ4n) is 2.86. The fourth-order valence-corrected chi connectivity index (χ4v) is 3.79. The number of methoxy groups -OCH3 is 1. The van der Waals surface area contributed by atoms with Crippen LogP contribution in [0.4, 0.5) is 0 Å². The lowest BCUT2D eigenvalue weighted by molar-refractivity contribution is -0.118. The average molecular weight is 493 g/mol. The van der Waals surface area contributed by atoms with Gasteiger partial charge < -0.3 is 9.15 Å². The van der Waals surface area contributed by atoms with E-state index in [0.29, 0.717) is 33.1 Å². The molecule has 1 amide bonds. The molecule has 0 saturated heterocycles. The molecule has 1 aromatic heterocycles. The standard InChI is InChI=1S/C22H22Cl2N4O3S/c1-14-11-17(30-2)10-9-15(14)5-4-8-20-27-28-22(31-20)32-13-19(29)26-25-12-16-6-3-7-18(23)21(16)24/h3,6-7,9-12H,4-5,8,13H2,1-2H3,(H,26,29)/b25-12-. The second-order valence-corrected chi connectivity index (χ2v) is 8.54. The summed E-state index contributed by atoms with van der Waals surface area (Å²) < 4.78 is 10.8. The van der Waals surface area contributed by atoms with E-state index < -0.39 is 0 Å². The Balaban J connectivity index is 1.40. The summed E-state index contributed by atoms with van der Waals surface area (Å²) in [5, 5.41) is 13.1. The molecule has 3 rings (SSSR count). The Bertz CT molecular complexity index is 1100. The number of hydrazone groups is 1. The molecular weight excluding hydrogens is 471 g/mol. The van der Waals surface area contributed by atoms with Crippen LogP contribution in [0, 0.1) is 6.92 Å². The van der Waals surface area contributed by atoms with Gasteiger partial charge in [0.25, 0.3) is 11.1 Å². The van der Waals surface area contributed by atoms with Crippen LogP contribution in [-0.4, -0.2) is 35.2 Å². The topological polar surface area (TPSA) is 89.6 Å². The lowest BCUT2D eigenvalue weighted by Crippen LogP contribution is -2.19. The van der Waals surface area contributed by atoms with E-state index >= 15 is 0 Å². The Labute approximate surface area is 200 Å². The first-order valence-electron chi connectivity index (χ1n) is 9.81. The van der Waals surface area contributed by atoms with E-state index in [1.54, 1.807) is 25.3 Å². The number of halogens is 2. The third-order valence-corrected chi connectivity index (χ3v) is 6.19. The molecule has 10 heteroatoms. The Morgan fingerprint density at radius 2 is 2.09 bits per heavy atom. The molecule has 0 spiro atoms. The van der Waals surface area contributed by atoms with E-state index in [2.05, 4.69) is 33.7 Å². The van der Waals surface area contributed by atoms with E-state index in [9.17, 15) is 4.79 Å². The van der Waals surface area contributed by atoms with Gasteiger partial charge in [-0.05, 0) is 49.1 Å². The normalized spacial score (nSPS) is 11.1. The van der Waals surface area contributed by atoms with E-state index in [4.69, 9.17) is 32.4 Å². The number of aryl methyl sites for hydroxylation is 3. The molecular formula is C22H22Cl2N4O3S. The molecule has 0 atom stereocenters. The van der Waals surface area contributed by atoms with Crippen molar-refractivity contribution < 1.29 is 13.9 Å². The Morgan fingerprint density at radius 3 is 2.88 bits per heavy atom. The first kappa shape index (κ1) is 24.1. The number of hydrogen-bond acceptors (Lipinski definition) is 7. The molecule has 2 aromatic carbocycles. The summed E-state index contributed by atoms with van der Waals surface area (Å²) in [6.07, 6.45) is 3.88. The van der Waals surface area contributed by atoms with E-state index in [1.807, 2.05) is 12.1 Å². The summed E-state index contributed by atoms with van der Waals surface area (Å²) in [5.74, 6) is 1.19. The van der Waals surface area contributed by atoms with Crippen LogP contribution in [0.15, 0.2) is 51.1 Å². The molecule has 0 saturated carbocycles. The number of amides is 1. The van der Waals surface area contributed by atoms with Gasteiger partial charge in [0.2, 0.25) is 5.89 Å². The largest absolute Gasteiger partial charge is 0.497 e. The van der Waals surface area contributed by atoms with Crippen LogP contribution in [0.2, 0.25) is 10.0 Å². The molecule has 3 aromatic rings. The van der Waals surface area contributed by atoms with Crippen molar-refractivity contribution in [2.24, 2.45) is 5.10 Å². The number of aromatic nitrogens is 2. The van der Waals surface area contributed by atoms with E-state index in [-0.39, 0.29) is 11.7 Å². The van der Waals surface area contributed by atoms with Gasteiger partial charge in [0.05, 0.1) is 29.1 Å². The number of rotatable bonds is 10. The van der Waals surface area contributed by atoms with Crippen LogP contribution >= 0.6 is 35.0 Å². The van der Waals surface area contributed by atoms with Gasteiger partial charge in [0.1, 0.15) is 5.75 Å². The number of ether oxygens (including phenoxy) is 1. The molecule has 1 N–H and O–H groups in total. The van der Waals surface area contributed by atoms with Gasteiger partial charge >= 0.3 is 0 Å². The monoisotopic (exact) mass is 492 g/mol. The second-order valence-electron chi connectivity index (χ2n) is 6.83. The van der Waals surface area contributed by atoms with Crippen molar-refractivity contribution in [2.45, 2.75) is 31.4 Å². The Kier molecular flexibility index (Phi) is 8.96. The van der Waals surface area contributed by atoms with Gasteiger partial charge in [-0.15, -0.1) is 10.2 Å². The maximum atomic E-state index is 12.0. The highest BCUT2D eigenvalue weighted by Gasteiger charge is 2.10. The van der Waals surface area contributed by atoms with Crippen LogP contribution in [-0.2, 0) is 17.6 Å². The molecule has 0 aliphatic carbocycles. The lowest BCUT2D eigenvalue weighted by Gasteiger charge is -2.07. The highest BCUT2D eigenvalue weighted by atomic mass is 35.5. The van der Waals surface area contributed by atoms with Crippen molar-refractivity contribution in [3.05, 3.63) is 69.0 Å². The van der Waals surface area contributed by atoms with Crippen molar-refractivity contribution >= 4 is 47.1 Å². The molecule has 168 valence electrons. The summed E-state index contributed by atoms with van der Waals surface area (Å²) in [4.78, 5) is 12.0. The highest BCUT2D eigenvalue weighted by Crippen LogP contribution is 2.24. The maximum Gasteiger partial charge on any atom is 0.277 e. The minimum Gasteiger partial charge on any atom is -0.497 e. The summed E-state index contributed by atoms with van der Waals surface area (Å²) in [7, 11) is 1.66. The predicted molar refractivity (Wildman–Crippen MR) is 127 cm³/mol. The molecule has 0 aliphatic rings. The number of carbonyl (C=O) groups is 1. The minimum atomic E-state index is -0.306. The van der Waals surface area contributed by atoms with Gasteiger partial charge in [-0.2, -0.15) is 5.10 Å². The first-order chi connectivity index (χ1) is 15.5. The van der Waals surface area contributed by atoms with Gasteiger partial charge in [-0.1, -0.05) is 53.2 Å². The average Bonchev–Trinajstić information content (AvgIpc) is 3.24. The fraction of sp³-hybridized carbons (Fsp3) is 0.273. The summed E-state index contributed by atoms with van der Waals surface area (Å²) in [6, 6.07) is 11.2. The molecule has 0 unspecified atom stereocenters. The van der Waals surface area contributed by atoms with Gasteiger partial charge in [0, 0.05) is 12.0 Å². The van der Waals surface area contributed by atoms with Crippen LogP contribution < -0.4 is 10.2 Å². The molecule has 1 heterocycles. The van der Waals surface area contributed by atoms with Crippen LogP contribution in [0.25, 0.3) is 0 Å². The van der Waals surface area contributed by atoms with Crippen LogP contribution in [0.5, 0.6) is 5.75 Å². The second kappa shape index (κ2) is 11.9. The summed E-state index contributed by atoms with van der Waals surface area (Å²) in [6.45, 7) is 2.07. The van der Waals surface area contributed by atoms with Gasteiger partial charge in [-0.25, -0.2) is 5.43 Å². The smallest absolute Gasteiger partial charge is 0.277 e. The van der Waals surface area contributed by atoms with Crippen molar-refractivity contribution in [1.29, 1.82) is 0 Å². The predicted octanol–water partition coefficient (Wildman–Crippen LogP) is 5.11. The third-order valence-electron chi connectivity index (χ3n) is 4.54. The van der Waals surface area contributed by atoms with Gasteiger partial charge in [-0.3, -0.25) is 4.79 Å². The SMILES string of the molecule is COc1ccc(CCCc2nnc(SCC(=O)N/N=C\c3cccc(Cl)c3Cl)o2)c(C)c1. The van der Waals surface area contributed by atoms with E-state index in [1.165, 1.54) is 17.3 Å². The molecule has 0 fully saturated rings. The zero-order valence-corrected chi connectivity index (χ0v) is 19.9. The molecule has 7 nitrogen and oxygen atoms in total. The first-order valence-corrected chi connectivity index (χ1v) is 11.5. The van der Waals surface area contributed by atoms with E-state index in [0.717, 1.165) is 30.4 Å². The molecule has 32 heavy (non-hydrogen) atoms. The Morgan fingerprint density at radius 1 is 1.25 bits per heavy atom. The number of benzene rings is 2. The maximum absolute atomic E-state index is 12.0. The van der Waals surface area contributed by atoms with Crippen molar-refractivity contribution in [2.75, 3.05) is 12.9 Å². The quantitative estimate of drug-likeness (QED) is 0.240. The van der Waals surface area contributed by atoms with Crippen LogP contribution in [0.3, 0.4) is 0 Å². The van der Waals surface area contributed by atoms with Crippen molar-refractivity contribution in [3.63, 3.8) is 0 Å². The zero-order chi connectivity index (χ0) is 22.9. The summed E-state index contributed by atoms with van der Waals surface area (Å²) in [5.41, 5.74) is 5.49. The summed E-state index contributed by atoms with van der Waals surface area (Å²) >= 11 is 13.2. The molecule has 0 aliphatic heterocycles. The Hall–Kier alpha value is -2.55. The van der Waals surface area contributed by atoms with Crippen LogP contribution in [0.1, 0.15) is 29.0 Å². The number of thioether (sulfide) groups is 1. The zero-order valence-electron chi connectivity index (χ0n) is 17.6. The van der Waals surface area contributed by atoms with Crippen molar-refractivity contribution in [3.8, 4) is 5.75 Å². The minimum absolute atomic E-state index is 0.0906. The lowest BCUT2D eigenvalue weighted by atomic mass is 10.0. The van der Waals surface area contributed by atoms with Gasteiger partial charge in [0.15, 0.2) is 0 Å².